The fourth-order valence-corrected chi connectivity index (χ4v) is 3.89. The number of hydrogen-bond acceptors (Lipinski definition) is 4. The fourth-order valence-electron chi connectivity index (χ4n) is 2.71. The van der Waals surface area contributed by atoms with Crippen LogP contribution in [0.25, 0.3) is 0 Å². The van der Waals surface area contributed by atoms with Crippen molar-refractivity contribution in [2.75, 3.05) is 23.7 Å². The van der Waals surface area contributed by atoms with Crippen molar-refractivity contribution in [2.45, 2.75) is 50.9 Å². The number of nitrogens with zero attached hydrogens (tertiary/aromatic N) is 2. The van der Waals surface area contributed by atoms with Crippen LogP contribution in [-0.2, 0) is 6.54 Å². The van der Waals surface area contributed by atoms with E-state index in [1.165, 1.54) is 36.4 Å². The molecule has 3 nitrogen and oxygen atoms in total. The van der Waals surface area contributed by atoms with Gasteiger partial charge in [-0.3, -0.25) is 0 Å². The van der Waals surface area contributed by atoms with Gasteiger partial charge in [0.05, 0.1) is 0 Å². The predicted octanol–water partition coefficient (Wildman–Crippen LogP) is 2.97. The van der Waals surface area contributed by atoms with Gasteiger partial charge in [-0.15, -0.1) is 0 Å². The maximum atomic E-state index is 4.76. The van der Waals surface area contributed by atoms with E-state index in [1.807, 2.05) is 0 Å². The van der Waals surface area contributed by atoms with Crippen molar-refractivity contribution in [1.29, 1.82) is 0 Å². The molecule has 1 aliphatic heterocycles. The Morgan fingerprint density at radius 2 is 2.25 bits per heavy atom. The van der Waals surface area contributed by atoms with E-state index < -0.39 is 0 Å². The van der Waals surface area contributed by atoms with E-state index in [2.05, 4.69) is 48.0 Å². The Morgan fingerprint density at radius 1 is 1.40 bits per heavy atom. The molecule has 0 aromatic carbocycles. The predicted molar refractivity (Wildman–Crippen MR) is 87.6 cm³/mol. The molecule has 0 spiro atoms. The lowest BCUT2D eigenvalue weighted by atomic mass is 10.2. The third-order valence-corrected chi connectivity index (χ3v) is 5.46. The first-order valence-electron chi connectivity index (χ1n) is 7.82. The van der Waals surface area contributed by atoms with Crippen molar-refractivity contribution in [3.63, 3.8) is 0 Å². The van der Waals surface area contributed by atoms with E-state index in [9.17, 15) is 0 Å². The molecule has 0 amide bonds. The maximum Gasteiger partial charge on any atom is 0.129 e. The standard InChI is InChI=1S/C16H25N3S/c1-3-15-11-19(6-7-20-15)16-9-13(8-12(2)18-16)10-17-14-4-5-14/h8-9,14-15,17H,3-7,10-11H2,1-2H3. The van der Waals surface area contributed by atoms with Gasteiger partial charge in [0.1, 0.15) is 5.82 Å². The number of nitrogens with one attached hydrogen (secondary N) is 1. The molecule has 0 radical (unpaired) electrons. The van der Waals surface area contributed by atoms with Gasteiger partial charge in [0.2, 0.25) is 0 Å². The lowest BCUT2D eigenvalue weighted by Gasteiger charge is -2.33. The van der Waals surface area contributed by atoms with Crippen molar-refractivity contribution in [3.05, 3.63) is 23.4 Å². The molecule has 1 aromatic rings. The molecule has 1 unspecified atom stereocenters. The van der Waals surface area contributed by atoms with Crippen LogP contribution in [-0.4, -0.2) is 35.1 Å². The van der Waals surface area contributed by atoms with Crippen LogP contribution >= 0.6 is 11.8 Å². The first kappa shape index (κ1) is 14.2. The zero-order valence-corrected chi connectivity index (χ0v) is 13.4. The second kappa shape index (κ2) is 6.35. The Kier molecular flexibility index (Phi) is 4.51. The van der Waals surface area contributed by atoms with E-state index in [1.54, 1.807) is 0 Å². The minimum atomic E-state index is 0.763. The van der Waals surface area contributed by atoms with Gasteiger partial charge in [0.15, 0.2) is 0 Å². The van der Waals surface area contributed by atoms with Crippen molar-refractivity contribution >= 4 is 17.6 Å². The molecule has 2 fully saturated rings. The molecular weight excluding hydrogens is 266 g/mol. The van der Waals surface area contributed by atoms with E-state index in [4.69, 9.17) is 4.98 Å². The van der Waals surface area contributed by atoms with Crippen LogP contribution in [0.5, 0.6) is 0 Å². The molecule has 3 rings (SSSR count). The zero-order valence-electron chi connectivity index (χ0n) is 12.6. The molecule has 1 aliphatic carbocycles. The monoisotopic (exact) mass is 291 g/mol. The number of aromatic nitrogens is 1. The first-order chi connectivity index (χ1) is 9.74. The largest absolute Gasteiger partial charge is 0.355 e. The van der Waals surface area contributed by atoms with Crippen molar-refractivity contribution in [2.24, 2.45) is 0 Å². The molecule has 1 saturated carbocycles. The van der Waals surface area contributed by atoms with E-state index in [-0.39, 0.29) is 0 Å². The summed E-state index contributed by atoms with van der Waals surface area (Å²) in [5, 5.41) is 4.36. The topological polar surface area (TPSA) is 28.2 Å². The summed E-state index contributed by atoms with van der Waals surface area (Å²) in [6.45, 7) is 7.66. The first-order valence-corrected chi connectivity index (χ1v) is 8.87. The quantitative estimate of drug-likeness (QED) is 0.903. The summed E-state index contributed by atoms with van der Waals surface area (Å²) in [7, 11) is 0. The highest BCUT2D eigenvalue weighted by molar-refractivity contribution is 8.00. The summed E-state index contributed by atoms with van der Waals surface area (Å²) in [5.41, 5.74) is 2.52. The number of hydrogen-bond donors (Lipinski definition) is 1. The van der Waals surface area contributed by atoms with Gasteiger partial charge in [-0.05, 0) is 43.9 Å². The van der Waals surface area contributed by atoms with Gasteiger partial charge in [-0.2, -0.15) is 11.8 Å². The highest BCUT2D eigenvalue weighted by atomic mass is 32.2. The summed E-state index contributed by atoms with van der Waals surface area (Å²) in [6, 6.07) is 5.27. The van der Waals surface area contributed by atoms with Gasteiger partial charge in [-0.25, -0.2) is 4.98 Å². The Balaban J connectivity index is 1.70. The summed E-state index contributed by atoms with van der Waals surface area (Å²) in [4.78, 5) is 7.23. The third-order valence-electron chi connectivity index (χ3n) is 4.09. The van der Waals surface area contributed by atoms with Crippen LogP contribution in [0.4, 0.5) is 5.82 Å². The number of thioether (sulfide) groups is 1. The average Bonchev–Trinajstić information content (AvgIpc) is 3.29. The molecule has 1 saturated heterocycles. The van der Waals surface area contributed by atoms with Gasteiger partial charge in [0, 0.05) is 42.4 Å². The summed E-state index contributed by atoms with van der Waals surface area (Å²) >= 11 is 2.11. The smallest absolute Gasteiger partial charge is 0.129 e. The summed E-state index contributed by atoms with van der Waals surface area (Å²) in [5.74, 6) is 2.40. The van der Waals surface area contributed by atoms with Crippen molar-refractivity contribution in [1.82, 2.24) is 10.3 Å². The van der Waals surface area contributed by atoms with Gasteiger partial charge < -0.3 is 10.2 Å². The van der Waals surface area contributed by atoms with Crippen LogP contribution in [0.3, 0.4) is 0 Å². The maximum absolute atomic E-state index is 4.76. The number of anilines is 1. The SMILES string of the molecule is CCC1CN(c2cc(CNC3CC3)cc(C)n2)CCS1. The van der Waals surface area contributed by atoms with Crippen molar-refractivity contribution < 1.29 is 0 Å². The molecule has 1 N–H and O–H groups in total. The number of aryl methyl sites for hydroxylation is 1. The van der Waals surface area contributed by atoms with E-state index >= 15 is 0 Å². The lowest BCUT2D eigenvalue weighted by Crippen LogP contribution is -2.38. The van der Waals surface area contributed by atoms with Crippen LogP contribution in [0, 0.1) is 6.92 Å². The molecular formula is C16H25N3S. The second-order valence-corrected chi connectivity index (χ2v) is 7.39. The van der Waals surface area contributed by atoms with Gasteiger partial charge >= 0.3 is 0 Å². The Hall–Kier alpha value is -0.740. The highest BCUT2D eigenvalue weighted by Gasteiger charge is 2.22. The average molecular weight is 291 g/mol. The normalized spacial score (nSPS) is 23.1. The van der Waals surface area contributed by atoms with Crippen LogP contribution in [0.2, 0.25) is 0 Å². The number of rotatable bonds is 5. The minimum absolute atomic E-state index is 0.763. The molecule has 0 bridgehead atoms. The zero-order chi connectivity index (χ0) is 13.9. The van der Waals surface area contributed by atoms with E-state index in [0.29, 0.717) is 0 Å². The molecule has 110 valence electrons. The Morgan fingerprint density at radius 3 is 3.00 bits per heavy atom. The van der Waals surface area contributed by atoms with Gasteiger partial charge in [0.25, 0.3) is 0 Å². The van der Waals surface area contributed by atoms with Crippen LogP contribution in [0.1, 0.15) is 37.4 Å². The molecule has 20 heavy (non-hydrogen) atoms. The fraction of sp³-hybridized carbons (Fsp3) is 0.688. The molecule has 2 heterocycles. The Labute approximate surface area is 126 Å². The Bertz CT molecular complexity index is 459. The van der Waals surface area contributed by atoms with Crippen LogP contribution in [0.15, 0.2) is 12.1 Å². The third kappa shape index (κ3) is 3.67. The lowest BCUT2D eigenvalue weighted by molar-refractivity contribution is 0.683. The summed E-state index contributed by atoms with van der Waals surface area (Å²) in [6.07, 6.45) is 3.94. The minimum Gasteiger partial charge on any atom is -0.355 e. The van der Waals surface area contributed by atoms with Crippen molar-refractivity contribution in [3.8, 4) is 0 Å². The van der Waals surface area contributed by atoms with E-state index in [0.717, 1.165) is 36.6 Å². The molecule has 4 heteroatoms. The molecule has 2 aliphatic rings. The number of pyridine rings is 1. The van der Waals surface area contributed by atoms with Crippen LogP contribution < -0.4 is 10.2 Å². The molecule has 1 aromatic heterocycles. The second-order valence-electron chi connectivity index (χ2n) is 5.98. The molecule has 1 atom stereocenters. The van der Waals surface area contributed by atoms with Gasteiger partial charge in [-0.1, -0.05) is 6.92 Å². The summed E-state index contributed by atoms with van der Waals surface area (Å²) < 4.78 is 0. The highest BCUT2D eigenvalue weighted by Crippen LogP contribution is 2.26.